The van der Waals surface area contributed by atoms with Crippen molar-refractivity contribution < 1.29 is 112 Å². The van der Waals surface area contributed by atoms with Gasteiger partial charge in [0.25, 0.3) is 0 Å². The van der Waals surface area contributed by atoms with Crippen molar-refractivity contribution in [3.05, 3.63) is 222 Å². The minimum absolute atomic E-state index is 0. The van der Waals surface area contributed by atoms with Crippen LogP contribution in [0.1, 0.15) is 56.2 Å². The standard InChI is InChI=1S/2C18H15F2N3O.C11H9FIN3O.C9H5F3IN3O.C7H7BFO2.C7H6IN3.C4H5FO2.C2H6.ClH.Li.2H2O/c2*1-10-12(3-2-4-14(10)19)11-5-6-17-21-16(9-23(17)8-11)22-18(24)13-7-15(13)20;12-8-3-7(8)11(17)15-9-5-16-4-6(13)1-2-10(16)14-9;10-9(11,12)8(17)15-6-4-16-3-5(13)1-2-7(16)14-6;1-5-6(9)3-2-4-7(5)11-8-10;8-5-1-2-7-10-6(9)4-11(7)3-5;5-3-1-2(3)4(6)7;1-2;;;;/h2*2-6,8-9,13,15H,7H2,1H3,(H,22,24);1-2,4-5,7-8H,3H2,(H,15,17);1-4H,(H,15,17);2-4,10H,1H3;1-4H,9H2;2-3H,1H2,(H,6,7);1-2H3;1H;;2*1H2/q;;;;;;;;;+1;;/p-2/t2*13-,15+;7-,8+;;;;2-,3+;;;;;/m111...1...../s1. The van der Waals surface area contributed by atoms with E-state index in [1.165, 1.54) is 38.4 Å². The predicted octanol–water partition coefficient (Wildman–Crippen LogP) is 13.3. The van der Waals surface area contributed by atoms with Crippen LogP contribution in [0.2, 0.25) is 0 Å². The Morgan fingerprint density at radius 1 is 0.462 bits per heavy atom. The van der Waals surface area contributed by atoms with E-state index in [-0.39, 0.29) is 102 Å². The van der Waals surface area contributed by atoms with E-state index in [1.54, 1.807) is 108 Å². The Labute approximate surface area is 720 Å². The average molecular weight is 1980 g/mol. The van der Waals surface area contributed by atoms with Crippen LogP contribution >= 0.6 is 80.2 Å². The van der Waals surface area contributed by atoms with Gasteiger partial charge in [-0.2, -0.15) is 13.2 Å². The van der Waals surface area contributed by atoms with Crippen molar-refractivity contribution >= 4 is 175 Å². The SMILES string of the molecule is CC.Cc1c(F)cccc1-c1ccc2nc(NC(=O)[C@@H]3C[C@@H]3F)cn2c1.Cc1c(F)cccc1-c1ccc2nc(NC(=O)[C@@H]3C[C@@H]3F)cn2c1.Cc1c(F)cccc1O[B]O.Cl.Nc1cn2cc(I)ccc2n1.O=C(Nc1cn2cc(I)ccc2n1)C(F)(F)F.O=C(Nc1cn2cc(I)ccc2n1)[C@@H]1C[C@@H]1F.O=C(O)[C@@H]1C[C@@H]1F.[Li+].[OH-].[OH-]. The number of anilines is 5. The smallest absolute Gasteiger partial charge is 0.870 e. The van der Waals surface area contributed by atoms with E-state index in [1.807, 2.05) is 96.0 Å². The van der Waals surface area contributed by atoms with Crippen LogP contribution in [0.15, 0.2) is 177 Å². The molecule has 4 aliphatic carbocycles. The number of nitrogens with two attached hydrogens (primary N) is 1. The number of amides is 4. The normalized spacial score (nSPS) is 17.2. The van der Waals surface area contributed by atoms with Crippen LogP contribution in [0, 0.1) is 72.6 Å². The molecule has 1 radical (unpaired) electrons. The van der Waals surface area contributed by atoms with Crippen molar-refractivity contribution in [2.75, 3.05) is 27.0 Å². The number of nitrogens with one attached hydrogen (secondary N) is 4. The van der Waals surface area contributed by atoms with E-state index >= 15 is 0 Å². The minimum atomic E-state index is -4.91. The minimum Gasteiger partial charge on any atom is -0.870 e. The number of halogens is 14. The molecule has 4 saturated carbocycles. The summed E-state index contributed by atoms with van der Waals surface area (Å²) in [5, 5.41) is 25.8. The van der Waals surface area contributed by atoms with Crippen LogP contribution in [0.3, 0.4) is 0 Å². The first-order valence-corrected chi connectivity index (χ1v) is 37.7. The third-order valence-corrected chi connectivity index (χ3v) is 19.1. The number of imidazole rings is 5. The monoisotopic (exact) mass is 1980 g/mol. The molecule has 4 fully saturated rings. The summed E-state index contributed by atoms with van der Waals surface area (Å²) in [5.74, 6) is -5.14. The second-order valence-electron chi connectivity index (χ2n) is 25.5. The fourth-order valence-corrected chi connectivity index (χ4v) is 12.1. The van der Waals surface area contributed by atoms with Crippen molar-refractivity contribution in [3.8, 4) is 28.0 Å². The van der Waals surface area contributed by atoms with E-state index in [0.717, 1.165) is 40.7 Å². The Hall–Kier alpha value is -9.62. The number of rotatable bonds is 12. The van der Waals surface area contributed by atoms with Crippen LogP contribution in [0.25, 0.3) is 50.5 Å². The van der Waals surface area contributed by atoms with Gasteiger partial charge < -0.3 is 74.7 Å². The first kappa shape index (κ1) is 96.2. The first-order chi connectivity index (χ1) is 53.8. The number of alkyl halides is 7. The molecule has 117 heavy (non-hydrogen) atoms. The number of fused-ring (bicyclic) bond motifs is 5. The number of aliphatic carboxylic acids is 1. The van der Waals surface area contributed by atoms with Crippen LogP contribution in [-0.4, -0.2) is 136 Å². The van der Waals surface area contributed by atoms with Crippen LogP contribution in [0.5, 0.6) is 5.75 Å². The van der Waals surface area contributed by atoms with E-state index in [4.69, 9.17) is 15.9 Å². The van der Waals surface area contributed by atoms with E-state index in [0.29, 0.717) is 76.8 Å². The van der Waals surface area contributed by atoms with Crippen LogP contribution < -0.4 is 50.5 Å². The van der Waals surface area contributed by atoms with Gasteiger partial charge >= 0.3 is 44.6 Å². The zero-order chi connectivity index (χ0) is 81.9. The topological polar surface area (TPSA) is 356 Å². The molecular weight excluding hydrogens is 1910 g/mol. The second-order valence-corrected chi connectivity index (χ2v) is 29.2. The molecule has 4 aliphatic rings. The molecule has 41 heteroatoms. The van der Waals surface area contributed by atoms with Gasteiger partial charge in [0.2, 0.25) is 17.7 Å². The van der Waals surface area contributed by atoms with Gasteiger partial charge in [0.05, 0.1) is 54.7 Å². The Balaban J connectivity index is 0.000000216. The van der Waals surface area contributed by atoms with Gasteiger partial charge in [0, 0.05) is 47.3 Å². The van der Waals surface area contributed by atoms with E-state index in [2.05, 4.69) is 113 Å². The van der Waals surface area contributed by atoms with Crippen molar-refractivity contribution in [2.24, 2.45) is 23.7 Å². The summed E-state index contributed by atoms with van der Waals surface area (Å²) in [6.45, 7) is 9.04. The molecule has 13 aromatic rings. The van der Waals surface area contributed by atoms with E-state index < -0.39 is 66.4 Å². The molecule has 0 aliphatic heterocycles. The van der Waals surface area contributed by atoms with Crippen LogP contribution in [-0.2, 0) is 24.0 Å². The molecule has 8 atom stereocenters. The number of nitrogens with zero attached hydrogens (tertiary/aromatic N) is 10. The molecule has 17 rings (SSSR count). The molecule has 25 nitrogen and oxygen atoms in total. The van der Waals surface area contributed by atoms with Crippen LogP contribution in [0.4, 0.5) is 73.0 Å². The maximum atomic E-state index is 13.7. The number of hydrogen-bond donors (Lipinski definition) is 7. The summed E-state index contributed by atoms with van der Waals surface area (Å²) < 4.78 is 143. The van der Waals surface area contributed by atoms with Crippen molar-refractivity contribution in [3.63, 3.8) is 0 Å². The molecule has 10 heterocycles. The number of benzene rings is 3. The van der Waals surface area contributed by atoms with Gasteiger partial charge in [-0.3, -0.25) is 24.0 Å². The Morgan fingerprint density at radius 2 is 0.761 bits per heavy atom. The molecule has 0 bridgehead atoms. The Bertz CT molecular complexity index is 5500. The molecule has 0 unspecified atom stereocenters. The number of carbonyl (C=O) groups excluding carboxylic acids is 4. The number of carboxylic acids is 1. The number of pyridine rings is 5. The number of hydrogen-bond acceptors (Lipinski definition) is 15. The van der Waals surface area contributed by atoms with Crippen molar-refractivity contribution in [1.82, 2.24) is 46.9 Å². The molecule has 3 aromatic carbocycles. The molecule has 10 N–H and O–H groups in total. The van der Waals surface area contributed by atoms with Gasteiger partial charge in [-0.05, 0) is 233 Å². The predicted molar refractivity (Wildman–Crippen MR) is 441 cm³/mol. The molecule has 10 aromatic heterocycles. The first-order valence-electron chi connectivity index (χ1n) is 34.4. The summed E-state index contributed by atoms with van der Waals surface area (Å²) in [4.78, 5) is 76.3. The number of carbonyl (C=O) groups is 5. The van der Waals surface area contributed by atoms with E-state index in [9.17, 15) is 67.9 Å². The average Bonchev–Trinajstić information content (AvgIpc) is 1.75. The van der Waals surface area contributed by atoms with Gasteiger partial charge in [0.1, 0.15) is 81.9 Å². The summed E-state index contributed by atoms with van der Waals surface area (Å²) in [5.41, 5.74) is 13.8. The molecule has 0 saturated heterocycles. The second kappa shape index (κ2) is 42.7. The summed E-state index contributed by atoms with van der Waals surface area (Å²) in [6.07, 6.45) is 9.51. The summed E-state index contributed by atoms with van der Waals surface area (Å²) in [6, 6.07) is 32.8. The number of aromatic nitrogens is 10. The zero-order valence-corrected chi connectivity index (χ0v) is 69.7. The van der Waals surface area contributed by atoms with Gasteiger partial charge in [-0.1, -0.05) is 44.2 Å². The fourth-order valence-electron chi connectivity index (χ4n) is 10.6. The number of nitrogen functional groups attached to an aromatic ring is 1. The van der Waals surface area contributed by atoms with Gasteiger partial charge in [0.15, 0.2) is 23.3 Å². The molecular formula is C76H71BClF10I3LiN15O10-. The Kier molecular flexibility index (Phi) is 35.1. The van der Waals surface area contributed by atoms with Gasteiger partial charge in [-0.25, -0.2) is 55.7 Å². The molecule has 613 valence electrons. The molecule has 0 spiro atoms. The van der Waals surface area contributed by atoms with Gasteiger partial charge in [-0.15, -0.1) is 12.4 Å². The largest absolute Gasteiger partial charge is 1.00 e. The Morgan fingerprint density at radius 3 is 1.08 bits per heavy atom. The quantitative estimate of drug-likeness (QED) is 0.0339. The maximum Gasteiger partial charge on any atom is 1.00 e. The maximum absolute atomic E-state index is 13.7. The zero-order valence-electron chi connectivity index (χ0n) is 62.4. The van der Waals surface area contributed by atoms with Crippen molar-refractivity contribution in [2.45, 2.75) is 91.2 Å². The molecule has 4 amide bonds. The van der Waals surface area contributed by atoms with Crippen molar-refractivity contribution in [1.29, 1.82) is 0 Å². The fraction of sp³-hybridized carbons (Fsp3) is 0.237. The third kappa shape index (κ3) is 26.2. The number of carboxylic acid groups (broad SMARTS) is 1. The third-order valence-electron chi connectivity index (χ3n) is 17.2. The summed E-state index contributed by atoms with van der Waals surface area (Å²) in [7, 11) is 0.530. The summed E-state index contributed by atoms with van der Waals surface area (Å²) >= 11 is 6.51.